The van der Waals surface area contributed by atoms with E-state index in [4.69, 9.17) is 4.74 Å². The van der Waals surface area contributed by atoms with Gasteiger partial charge in [0.25, 0.3) is 0 Å². The molecule has 0 aliphatic carbocycles. The quantitative estimate of drug-likeness (QED) is 0.479. The average Bonchev–Trinajstić information content (AvgIpc) is 3.31. The lowest BCUT2D eigenvalue weighted by Crippen LogP contribution is -2.18. The predicted molar refractivity (Wildman–Crippen MR) is 115 cm³/mol. The molecule has 30 heavy (non-hydrogen) atoms. The molecule has 2 amide bonds. The number of aryl methyl sites for hydroxylation is 1. The van der Waals surface area contributed by atoms with E-state index in [9.17, 15) is 9.59 Å². The van der Waals surface area contributed by atoms with E-state index in [-0.39, 0.29) is 24.0 Å². The molecule has 0 unspecified atom stereocenters. The van der Waals surface area contributed by atoms with Crippen LogP contribution in [0.3, 0.4) is 0 Å². The summed E-state index contributed by atoms with van der Waals surface area (Å²) in [5.74, 6) is 0.918. The van der Waals surface area contributed by atoms with Gasteiger partial charge in [-0.05, 0) is 26.0 Å². The zero-order valence-electron chi connectivity index (χ0n) is 16.7. The summed E-state index contributed by atoms with van der Waals surface area (Å²) in [6.07, 6.45) is 0.0516. The number of amides is 2. The Morgan fingerprint density at radius 1 is 1.17 bits per heavy atom. The van der Waals surface area contributed by atoms with Gasteiger partial charge in [0.2, 0.25) is 16.9 Å². The Morgan fingerprint density at radius 3 is 2.70 bits per heavy atom. The molecule has 1 aromatic carbocycles. The summed E-state index contributed by atoms with van der Waals surface area (Å²) in [6, 6.07) is 7.14. The largest absolute Gasteiger partial charge is 0.497 e. The van der Waals surface area contributed by atoms with Gasteiger partial charge in [-0.1, -0.05) is 29.2 Å². The molecule has 158 valence electrons. The fourth-order valence-corrected chi connectivity index (χ4v) is 3.99. The normalized spacial score (nSPS) is 10.6. The van der Waals surface area contributed by atoms with E-state index >= 15 is 0 Å². The number of carbonyl (C=O) groups is 2. The molecule has 0 aliphatic heterocycles. The van der Waals surface area contributed by atoms with Gasteiger partial charge in [-0.25, -0.2) is 0 Å². The fourth-order valence-electron chi connectivity index (χ4n) is 2.56. The van der Waals surface area contributed by atoms with Crippen LogP contribution in [0, 0.1) is 6.92 Å². The van der Waals surface area contributed by atoms with E-state index in [0.29, 0.717) is 34.1 Å². The topological polar surface area (TPSA) is 124 Å². The van der Waals surface area contributed by atoms with Crippen molar-refractivity contribution >= 4 is 45.7 Å². The molecule has 0 saturated heterocycles. The van der Waals surface area contributed by atoms with Crippen molar-refractivity contribution in [3.05, 3.63) is 35.1 Å². The molecule has 0 fully saturated rings. The summed E-state index contributed by atoms with van der Waals surface area (Å²) in [6.45, 7) is 4.32. The second kappa shape index (κ2) is 10.2. The number of benzene rings is 1. The van der Waals surface area contributed by atoms with E-state index < -0.39 is 0 Å². The molecule has 0 bridgehead atoms. The molecule has 2 heterocycles. The van der Waals surface area contributed by atoms with Crippen LogP contribution >= 0.6 is 23.1 Å². The number of hydrogen-bond acceptors (Lipinski definition) is 9. The molecule has 3 aromatic rings. The molecule has 0 spiro atoms. The molecule has 12 heteroatoms. The Hall–Kier alpha value is -2.99. The summed E-state index contributed by atoms with van der Waals surface area (Å²) in [5, 5.41) is 23.3. The second-order valence-corrected chi connectivity index (χ2v) is 8.19. The van der Waals surface area contributed by atoms with Gasteiger partial charge in [-0.2, -0.15) is 0 Å². The lowest BCUT2D eigenvalue weighted by Gasteiger charge is -2.08. The Bertz CT molecular complexity index is 1030. The summed E-state index contributed by atoms with van der Waals surface area (Å²) in [7, 11) is 1.57. The number of methoxy groups -OCH3 is 1. The van der Waals surface area contributed by atoms with Gasteiger partial charge < -0.3 is 19.9 Å². The number of anilines is 2. The molecule has 0 radical (unpaired) electrons. The van der Waals surface area contributed by atoms with Crippen molar-refractivity contribution in [3.8, 4) is 5.75 Å². The van der Waals surface area contributed by atoms with E-state index in [1.54, 1.807) is 31.4 Å². The van der Waals surface area contributed by atoms with E-state index in [1.807, 2.05) is 18.4 Å². The minimum atomic E-state index is -0.249. The van der Waals surface area contributed by atoms with Crippen LogP contribution in [-0.4, -0.2) is 49.6 Å². The van der Waals surface area contributed by atoms with Gasteiger partial charge >= 0.3 is 0 Å². The van der Waals surface area contributed by atoms with Gasteiger partial charge in [0, 0.05) is 18.3 Å². The highest BCUT2D eigenvalue weighted by atomic mass is 32.2. The summed E-state index contributed by atoms with van der Waals surface area (Å²) in [5.41, 5.74) is 0.654. The Balaban J connectivity index is 1.56. The number of thioether (sulfide) groups is 1. The monoisotopic (exact) mass is 447 g/mol. The third-order valence-corrected chi connectivity index (χ3v) is 5.61. The number of carbonyl (C=O) groups excluding carboxylic acids is 2. The van der Waals surface area contributed by atoms with Gasteiger partial charge in [0.05, 0.1) is 19.3 Å². The second-order valence-electron chi connectivity index (χ2n) is 6.06. The smallest absolute Gasteiger partial charge is 0.234 e. The molecule has 10 nitrogen and oxygen atoms in total. The maximum Gasteiger partial charge on any atom is 0.234 e. The molecular weight excluding hydrogens is 426 g/mol. The van der Waals surface area contributed by atoms with Crippen LogP contribution in [0.5, 0.6) is 5.75 Å². The highest BCUT2D eigenvalue weighted by Crippen LogP contribution is 2.20. The maximum absolute atomic E-state index is 12.3. The first-order valence-corrected chi connectivity index (χ1v) is 10.9. The first kappa shape index (κ1) is 21.7. The van der Waals surface area contributed by atoms with Crippen molar-refractivity contribution in [2.75, 3.05) is 23.5 Å². The molecule has 0 saturated carbocycles. The van der Waals surface area contributed by atoms with Crippen LogP contribution < -0.4 is 15.4 Å². The molecule has 2 aromatic heterocycles. The van der Waals surface area contributed by atoms with E-state index in [1.165, 1.54) is 23.1 Å². The number of ether oxygens (including phenoxy) is 1. The number of rotatable bonds is 9. The van der Waals surface area contributed by atoms with Gasteiger partial charge in [0.15, 0.2) is 5.16 Å². The SMILES string of the molecule is CCn1c(CC(=O)Nc2nnc(C)s2)nnc1SCC(=O)Nc1cccc(OC)c1. The first-order valence-electron chi connectivity index (χ1n) is 9.07. The van der Waals surface area contributed by atoms with E-state index in [2.05, 4.69) is 31.0 Å². The van der Waals surface area contributed by atoms with Crippen molar-refractivity contribution in [2.24, 2.45) is 0 Å². The molecular formula is C18H21N7O3S2. The predicted octanol–water partition coefficient (Wildman–Crippen LogP) is 2.38. The lowest BCUT2D eigenvalue weighted by atomic mass is 10.3. The third-order valence-electron chi connectivity index (χ3n) is 3.89. The number of nitrogens with one attached hydrogen (secondary N) is 2. The van der Waals surface area contributed by atoms with Crippen molar-refractivity contribution in [1.82, 2.24) is 25.0 Å². The van der Waals surface area contributed by atoms with Crippen LogP contribution in [0.4, 0.5) is 10.8 Å². The zero-order valence-corrected chi connectivity index (χ0v) is 18.3. The first-order chi connectivity index (χ1) is 14.5. The lowest BCUT2D eigenvalue weighted by molar-refractivity contribution is -0.116. The van der Waals surface area contributed by atoms with Crippen molar-refractivity contribution in [1.29, 1.82) is 0 Å². The highest BCUT2D eigenvalue weighted by Gasteiger charge is 2.17. The molecule has 0 atom stereocenters. The Kier molecular flexibility index (Phi) is 7.36. The van der Waals surface area contributed by atoms with Crippen LogP contribution in [0.2, 0.25) is 0 Å². The Labute approximate surface area is 181 Å². The van der Waals surface area contributed by atoms with Gasteiger partial charge in [0.1, 0.15) is 16.6 Å². The standard InChI is InChI=1S/C18H21N7O3S2/c1-4-25-14(9-15(26)20-17-23-21-11(2)30-17)22-24-18(25)29-10-16(27)19-12-6-5-7-13(8-12)28-3/h5-8H,4,9-10H2,1-3H3,(H,19,27)(H,20,23,26). The fraction of sp³-hybridized carbons (Fsp3) is 0.333. The maximum atomic E-state index is 12.3. The average molecular weight is 448 g/mol. The summed E-state index contributed by atoms with van der Waals surface area (Å²) < 4.78 is 6.97. The highest BCUT2D eigenvalue weighted by molar-refractivity contribution is 7.99. The van der Waals surface area contributed by atoms with E-state index in [0.717, 1.165) is 5.01 Å². The Morgan fingerprint density at radius 2 is 2.00 bits per heavy atom. The van der Waals surface area contributed by atoms with Crippen molar-refractivity contribution < 1.29 is 14.3 Å². The van der Waals surface area contributed by atoms with Crippen LogP contribution in [0.15, 0.2) is 29.4 Å². The molecule has 0 aliphatic rings. The van der Waals surface area contributed by atoms with Crippen LogP contribution in [0.1, 0.15) is 17.8 Å². The number of nitrogens with zero attached hydrogens (tertiary/aromatic N) is 5. The van der Waals surface area contributed by atoms with Crippen LogP contribution in [0.25, 0.3) is 0 Å². The summed E-state index contributed by atoms with van der Waals surface area (Å²) >= 11 is 2.56. The summed E-state index contributed by atoms with van der Waals surface area (Å²) in [4.78, 5) is 24.5. The van der Waals surface area contributed by atoms with Crippen LogP contribution in [-0.2, 0) is 22.6 Å². The van der Waals surface area contributed by atoms with Gasteiger partial charge in [-0.15, -0.1) is 20.4 Å². The van der Waals surface area contributed by atoms with Crippen molar-refractivity contribution in [2.45, 2.75) is 32.0 Å². The number of hydrogen-bond donors (Lipinski definition) is 2. The minimum Gasteiger partial charge on any atom is -0.497 e. The number of aromatic nitrogens is 5. The minimum absolute atomic E-state index is 0.0516. The third kappa shape index (κ3) is 5.76. The molecule has 3 rings (SSSR count). The zero-order chi connectivity index (χ0) is 21.5. The van der Waals surface area contributed by atoms with Gasteiger partial charge in [-0.3, -0.25) is 9.59 Å². The molecule has 2 N–H and O–H groups in total. The van der Waals surface area contributed by atoms with Crippen molar-refractivity contribution in [3.63, 3.8) is 0 Å².